The fourth-order valence-electron chi connectivity index (χ4n) is 1.61. The first-order valence-corrected chi connectivity index (χ1v) is 6.00. The molecule has 96 valence electrons. The van der Waals surface area contributed by atoms with Gasteiger partial charge in [-0.1, -0.05) is 47.1 Å². The highest BCUT2D eigenvalue weighted by Gasteiger charge is 2.16. The normalized spacial score (nSPS) is 10.8. The Morgan fingerprint density at radius 3 is 2.32 bits per heavy atom. The summed E-state index contributed by atoms with van der Waals surface area (Å²) < 4.78 is 10.2. The van der Waals surface area contributed by atoms with Gasteiger partial charge in [-0.05, 0) is 6.92 Å². The van der Waals surface area contributed by atoms with E-state index < -0.39 is 0 Å². The Bertz CT molecular complexity index is 685. The fraction of sp³-hybridized carbons (Fsp3) is 0.231. The molecule has 0 aliphatic heterocycles. The van der Waals surface area contributed by atoms with E-state index in [0.717, 1.165) is 5.56 Å². The van der Waals surface area contributed by atoms with Crippen molar-refractivity contribution in [1.29, 1.82) is 0 Å². The zero-order chi connectivity index (χ0) is 13.2. The predicted molar refractivity (Wildman–Crippen MR) is 67.1 cm³/mol. The van der Waals surface area contributed by atoms with Gasteiger partial charge in [0.25, 0.3) is 0 Å². The summed E-state index contributed by atoms with van der Waals surface area (Å²) in [5.41, 5.74) is 2.06. The first-order chi connectivity index (χ1) is 9.26. The second-order valence-corrected chi connectivity index (χ2v) is 4.16. The lowest BCUT2D eigenvalue weighted by atomic mass is 10.1. The molecule has 19 heavy (non-hydrogen) atoms. The molecule has 0 spiro atoms. The predicted octanol–water partition coefficient (Wildman–Crippen LogP) is 2.66. The minimum Gasteiger partial charge on any atom is -0.329 e. The molecule has 0 unspecified atom stereocenters. The van der Waals surface area contributed by atoms with Crippen LogP contribution in [0.2, 0.25) is 0 Å². The maximum Gasteiger partial charge on any atom is 0.316 e. The Labute approximate surface area is 109 Å². The molecule has 2 aromatic heterocycles. The van der Waals surface area contributed by atoms with E-state index in [1.807, 2.05) is 38.1 Å². The van der Waals surface area contributed by atoms with Crippen LogP contribution in [0.25, 0.3) is 23.2 Å². The molecule has 3 aromatic rings. The van der Waals surface area contributed by atoms with E-state index in [0.29, 0.717) is 18.1 Å². The van der Waals surface area contributed by atoms with Crippen molar-refractivity contribution in [3.8, 4) is 23.2 Å². The molecule has 0 aliphatic carbocycles. The summed E-state index contributed by atoms with van der Waals surface area (Å²) in [6, 6.07) is 7.87. The third-order valence-electron chi connectivity index (χ3n) is 2.70. The Balaban J connectivity index is 1.92. The van der Waals surface area contributed by atoms with Gasteiger partial charge >= 0.3 is 11.8 Å². The first-order valence-electron chi connectivity index (χ1n) is 6.00. The molecule has 0 atom stereocenters. The van der Waals surface area contributed by atoms with Crippen LogP contribution in [-0.2, 0) is 6.42 Å². The van der Waals surface area contributed by atoms with Crippen molar-refractivity contribution in [1.82, 2.24) is 20.3 Å². The molecule has 0 N–H and O–H groups in total. The summed E-state index contributed by atoms with van der Waals surface area (Å²) >= 11 is 0. The number of benzene rings is 1. The third-order valence-corrected chi connectivity index (χ3v) is 2.70. The molecule has 1 aromatic carbocycles. The Hall–Kier alpha value is -2.50. The Kier molecular flexibility index (Phi) is 2.83. The lowest BCUT2D eigenvalue weighted by Gasteiger charge is -1.93. The zero-order valence-corrected chi connectivity index (χ0v) is 10.6. The summed E-state index contributed by atoms with van der Waals surface area (Å²) in [5, 5.41) is 7.70. The van der Waals surface area contributed by atoms with E-state index in [-0.39, 0.29) is 11.8 Å². The van der Waals surface area contributed by atoms with Gasteiger partial charge in [0.1, 0.15) is 0 Å². The minimum absolute atomic E-state index is 0.239. The molecule has 2 heterocycles. The number of rotatable bonds is 3. The van der Waals surface area contributed by atoms with E-state index in [9.17, 15) is 0 Å². The van der Waals surface area contributed by atoms with Gasteiger partial charge in [0.15, 0.2) is 5.82 Å². The smallest absolute Gasteiger partial charge is 0.316 e. The standard InChI is InChI=1S/C13H12N4O2/c1-3-10-14-12(18-16-10)13-15-11(17-19-13)9-6-4-8(2)5-7-9/h4-7H,3H2,1-2H3. The highest BCUT2D eigenvalue weighted by molar-refractivity contribution is 5.56. The summed E-state index contributed by atoms with van der Waals surface area (Å²) in [6.45, 7) is 3.97. The average molecular weight is 256 g/mol. The molecule has 6 heteroatoms. The van der Waals surface area contributed by atoms with Crippen molar-refractivity contribution >= 4 is 0 Å². The minimum atomic E-state index is 0.239. The molecule has 0 fully saturated rings. The van der Waals surface area contributed by atoms with E-state index >= 15 is 0 Å². The van der Waals surface area contributed by atoms with Crippen LogP contribution in [0.1, 0.15) is 18.3 Å². The third kappa shape index (κ3) is 2.24. The van der Waals surface area contributed by atoms with Crippen molar-refractivity contribution < 1.29 is 9.05 Å². The lowest BCUT2D eigenvalue weighted by molar-refractivity contribution is 0.380. The molecular weight excluding hydrogens is 244 g/mol. The number of aromatic nitrogens is 4. The van der Waals surface area contributed by atoms with Crippen LogP contribution in [0.5, 0.6) is 0 Å². The largest absolute Gasteiger partial charge is 0.329 e. The molecular formula is C13H12N4O2. The van der Waals surface area contributed by atoms with Crippen molar-refractivity contribution in [2.45, 2.75) is 20.3 Å². The quantitative estimate of drug-likeness (QED) is 0.716. The molecule has 6 nitrogen and oxygen atoms in total. The highest BCUT2D eigenvalue weighted by Crippen LogP contribution is 2.21. The van der Waals surface area contributed by atoms with E-state index in [2.05, 4.69) is 20.3 Å². The van der Waals surface area contributed by atoms with E-state index in [4.69, 9.17) is 9.05 Å². The Morgan fingerprint density at radius 1 is 0.947 bits per heavy atom. The van der Waals surface area contributed by atoms with Crippen molar-refractivity contribution in [2.75, 3.05) is 0 Å². The lowest BCUT2D eigenvalue weighted by Crippen LogP contribution is -1.83. The van der Waals surface area contributed by atoms with Crippen LogP contribution < -0.4 is 0 Å². The number of hydrogen-bond acceptors (Lipinski definition) is 6. The molecule has 0 aliphatic rings. The summed E-state index contributed by atoms with van der Waals surface area (Å²) in [6.07, 6.45) is 0.697. The van der Waals surface area contributed by atoms with Gasteiger partial charge < -0.3 is 9.05 Å². The van der Waals surface area contributed by atoms with Crippen LogP contribution in [-0.4, -0.2) is 20.3 Å². The second kappa shape index (κ2) is 4.64. The van der Waals surface area contributed by atoms with E-state index in [1.54, 1.807) is 0 Å². The van der Waals surface area contributed by atoms with Gasteiger partial charge in [-0.2, -0.15) is 9.97 Å². The van der Waals surface area contributed by atoms with E-state index in [1.165, 1.54) is 5.56 Å². The average Bonchev–Trinajstić information content (AvgIpc) is 3.08. The maximum atomic E-state index is 5.14. The SMILES string of the molecule is CCc1noc(-c2nc(-c3ccc(C)cc3)no2)n1. The molecule has 0 bridgehead atoms. The molecule has 0 saturated carbocycles. The monoisotopic (exact) mass is 256 g/mol. The topological polar surface area (TPSA) is 77.8 Å². The summed E-state index contributed by atoms with van der Waals surface area (Å²) in [5.74, 6) is 1.61. The summed E-state index contributed by atoms with van der Waals surface area (Å²) in [4.78, 5) is 8.40. The van der Waals surface area contributed by atoms with Gasteiger partial charge in [-0.25, -0.2) is 0 Å². The zero-order valence-electron chi connectivity index (χ0n) is 10.6. The second-order valence-electron chi connectivity index (χ2n) is 4.16. The van der Waals surface area contributed by atoms with Gasteiger partial charge in [-0.3, -0.25) is 0 Å². The van der Waals surface area contributed by atoms with Gasteiger partial charge in [0.05, 0.1) is 0 Å². The van der Waals surface area contributed by atoms with Crippen LogP contribution in [0, 0.1) is 6.92 Å². The number of hydrogen-bond donors (Lipinski definition) is 0. The number of nitrogens with zero attached hydrogens (tertiary/aromatic N) is 4. The van der Waals surface area contributed by atoms with Gasteiger partial charge in [0.2, 0.25) is 5.82 Å². The highest BCUT2D eigenvalue weighted by atomic mass is 16.5. The molecule has 0 amide bonds. The molecule has 0 saturated heterocycles. The first kappa shape index (κ1) is 11.6. The van der Waals surface area contributed by atoms with Gasteiger partial charge in [0, 0.05) is 12.0 Å². The fourth-order valence-corrected chi connectivity index (χ4v) is 1.61. The maximum absolute atomic E-state index is 5.14. The number of aryl methyl sites for hydroxylation is 2. The van der Waals surface area contributed by atoms with Crippen LogP contribution in [0.4, 0.5) is 0 Å². The van der Waals surface area contributed by atoms with Crippen molar-refractivity contribution in [3.05, 3.63) is 35.7 Å². The van der Waals surface area contributed by atoms with Crippen LogP contribution in [0.15, 0.2) is 33.3 Å². The Morgan fingerprint density at radius 2 is 1.63 bits per heavy atom. The van der Waals surface area contributed by atoms with Gasteiger partial charge in [-0.15, -0.1) is 0 Å². The van der Waals surface area contributed by atoms with Crippen LogP contribution >= 0.6 is 0 Å². The van der Waals surface area contributed by atoms with Crippen molar-refractivity contribution in [2.24, 2.45) is 0 Å². The van der Waals surface area contributed by atoms with Crippen LogP contribution in [0.3, 0.4) is 0 Å². The molecule has 3 rings (SSSR count). The van der Waals surface area contributed by atoms with Crippen molar-refractivity contribution in [3.63, 3.8) is 0 Å². The summed E-state index contributed by atoms with van der Waals surface area (Å²) in [7, 11) is 0. The molecule has 0 radical (unpaired) electrons.